The second-order valence-electron chi connectivity index (χ2n) is 9.78. The van der Waals surface area contributed by atoms with Crippen molar-refractivity contribution in [1.82, 2.24) is 0 Å². The van der Waals surface area contributed by atoms with Gasteiger partial charge in [0.15, 0.2) is 0 Å². The lowest BCUT2D eigenvalue weighted by atomic mass is 9.87. The minimum absolute atomic E-state index is 0.225. The summed E-state index contributed by atoms with van der Waals surface area (Å²) in [6.07, 6.45) is 6.49. The van der Waals surface area contributed by atoms with E-state index < -0.39 is 0 Å². The number of hydrogen-bond donors (Lipinski definition) is 1. The van der Waals surface area contributed by atoms with Gasteiger partial charge >= 0.3 is 0 Å². The molecule has 1 unspecified atom stereocenters. The Bertz CT molecular complexity index is 1640. The fraction of sp³-hybridized carbons (Fsp3) is 0.0811. The molecule has 6 rings (SSSR count). The first-order chi connectivity index (χ1) is 18.7. The van der Waals surface area contributed by atoms with Crippen LogP contribution in [0.3, 0.4) is 0 Å². The van der Waals surface area contributed by atoms with Crippen LogP contribution >= 0.6 is 0 Å². The fourth-order valence-corrected chi connectivity index (χ4v) is 5.55. The summed E-state index contributed by atoms with van der Waals surface area (Å²) in [6.45, 7) is 4.32. The number of benzene rings is 5. The Morgan fingerprint density at radius 2 is 1.00 bits per heavy atom. The summed E-state index contributed by atoms with van der Waals surface area (Å²) in [5.41, 5.74) is 13.7. The molecule has 0 radical (unpaired) electrons. The highest BCUT2D eigenvalue weighted by Crippen LogP contribution is 2.47. The second kappa shape index (κ2) is 10.4. The maximum absolute atomic E-state index is 3.82. The first kappa shape index (κ1) is 23.8. The average molecular weight is 490 g/mol. The Morgan fingerprint density at radius 3 is 1.58 bits per heavy atom. The van der Waals surface area contributed by atoms with Crippen molar-refractivity contribution >= 4 is 11.3 Å². The highest BCUT2D eigenvalue weighted by Gasteiger charge is 2.27. The fourth-order valence-electron chi connectivity index (χ4n) is 5.55. The Kier molecular flexibility index (Phi) is 6.50. The molecule has 0 amide bonds. The third-order valence-corrected chi connectivity index (χ3v) is 7.37. The molecule has 1 heterocycles. The summed E-state index contributed by atoms with van der Waals surface area (Å²) >= 11 is 0. The van der Waals surface area contributed by atoms with Crippen LogP contribution in [-0.4, -0.2) is 6.04 Å². The third kappa shape index (κ3) is 4.37. The molecule has 0 bridgehead atoms. The zero-order chi connectivity index (χ0) is 25.9. The van der Waals surface area contributed by atoms with Crippen LogP contribution in [0.25, 0.3) is 50.1 Å². The van der Waals surface area contributed by atoms with E-state index in [-0.39, 0.29) is 6.04 Å². The molecule has 0 aromatic heterocycles. The summed E-state index contributed by atoms with van der Waals surface area (Å²) in [5, 5.41) is 3.82. The topological polar surface area (TPSA) is 12.0 Å². The molecular formula is C37H31N. The molecule has 1 aliphatic heterocycles. The third-order valence-electron chi connectivity index (χ3n) is 7.37. The molecule has 5 aromatic carbocycles. The molecule has 1 N–H and O–H groups in total. The SMILES string of the molecule is C/C=C\C=C1\c2cc(-c3ccccc3-c3ccccc3)cc(-c3ccccc3-c3ccccc3)c2NC1C. The van der Waals surface area contributed by atoms with Crippen molar-refractivity contribution in [3.63, 3.8) is 0 Å². The minimum Gasteiger partial charge on any atom is -0.377 e. The van der Waals surface area contributed by atoms with E-state index in [4.69, 9.17) is 0 Å². The molecule has 5 aromatic rings. The van der Waals surface area contributed by atoms with Gasteiger partial charge < -0.3 is 5.32 Å². The van der Waals surface area contributed by atoms with Gasteiger partial charge in [0.1, 0.15) is 0 Å². The number of anilines is 1. The maximum atomic E-state index is 3.82. The summed E-state index contributed by atoms with van der Waals surface area (Å²) in [4.78, 5) is 0. The van der Waals surface area contributed by atoms with Crippen LogP contribution in [-0.2, 0) is 0 Å². The van der Waals surface area contributed by atoms with Gasteiger partial charge in [-0.3, -0.25) is 0 Å². The van der Waals surface area contributed by atoms with Gasteiger partial charge in [-0.15, -0.1) is 0 Å². The molecule has 0 saturated carbocycles. The van der Waals surface area contributed by atoms with Gasteiger partial charge in [-0.1, -0.05) is 127 Å². The normalized spacial score (nSPS) is 15.5. The van der Waals surface area contributed by atoms with Gasteiger partial charge in [0.05, 0.1) is 5.69 Å². The smallest absolute Gasteiger partial charge is 0.0502 e. The maximum Gasteiger partial charge on any atom is 0.0502 e. The van der Waals surface area contributed by atoms with Gasteiger partial charge in [-0.05, 0) is 70.5 Å². The molecule has 1 nitrogen and oxygen atoms in total. The predicted molar refractivity (Wildman–Crippen MR) is 164 cm³/mol. The Labute approximate surface area is 225 Å². The zero-order valence-electron chi connectivity index (χ0n) is 21.9. The van der Waals surface area contributed by atoms with Crippen molar-refractivity contribution in [3.8, 4) is 44.5 Å². The molecule has 0 saturated heterocycles. The molecule has 184 valence electrons. The van der Waals surface area contributed by atoms with Crippen molar-refractivity contribution in [2.45, 2.75) is 19.9 Å². The standard InChI is InChI=1S/C37H31N/c1-3-4-19-30-26(2)38-37-35(30)24-29(33-22-12-11-20-31(33)27-15-7-5-8-16-27)25-36(37)34-23-14-13-21-32(34)28-17-9-6-10-18-28/h3-26,38H,1-2H3/b4-3-,30-19+. The van der Waals surface area contributed by atoms with Crippen LogP contribution in [0.15, 0.2) is 140 Å². The Balaban J connectivity index is 1.64. The molecule has 0 aliphatic carbocycles. The first-order valence-corrected chi connectivity index (χ1v) is 13.3. The summed E-state index contributed by atoms with van der Waals surface area (Å²) in [5.74, 6) is 0. The van der Waals surface area contributed by atoms with E-state index >= 15 is 0 Å². The number of nitrogens with one attached hydrogen (secondary N) is 1. The second-order valence-corrected chi connectivity index (χ2v) is 9.78. The quantitative estimate of drug-likeness (QED) is 0.259. The van der Waals surface area contributed by atoms with Crippen molar-refractivity contribution in [2.24, 2.45) is 0 Å². The Morgan fingerprint density at radius 1 is 0.526 bits per heavy atom. The number of rotatable bonds is 5. The predicted octanol–water partition coefficient (Wildman–Crippen LogP) is 10.1. The van der Waals surface area contributed by atoms with Crippen molar-refractivity contribution in [1.29, 1.82) is 0 Å². The van der Waals surface area contributed by atoms with E-state index in [1.807, 2.05) is 0 Å². The van der Waals surface area contributed by atoms with Crippen LogP contribution in [0.5, 0.6) is 0 Å². The van der Waals surface area contributed by atoms with E-state index in [2.05, 4.69) is 159 Å². The number of allylic oxidation sites excluding steroid dienone is 3. The number of fused-ring (bicyclic) bond motifs is 1. The average Bonchev–Trinajstić information content (AvgIpc) is 3.31. The lowest BCUT2D eigenvalue weighted by Crippen LogP contribution is -2.08. The van der Waals surface area contributed by atoms with E-state index in [1.54, 1.807) is 0 Å². The van der Waals surface area contributed by atoms with Crippen molar-refractivity contribution in [2.75, 3.05) is 5.32 Å². The molecule has 1 aliphatic rings. The van der Waals surface area contributed by atoms with Gasteiger partial charge in [-0.25, -0.2) is 0 Å². The van der Waals surface area contributed by atoms with Crippen LogP contribution < -0.4 is 5.32 Å². The van der Waals surface area contributed by atoms with Gasteiger partial charge in [-0.2, -0.15) is 0 Å². The largest absolute Gasteiger partial charge is 0.377 e. The zero-order valence-corrected chi connectivity index (χ0v) is 21.9. The lowest BCUT2D eigenvalue weighted by molar-refractivity contribution is 1.06. The van der Waals surface area contributed by atoms with E-state index in [1.165, 1.54) is 61.3 Å². The molecular weight excluding hydrogens is 458 g/mol. The molecule has 0 spiro atoms. The molecule has 0 fully saturated rings. The van der Waals surface area contributed by atoms with Crippen LogP contribution in [0.1, 0.15) is 19.4 Å². The summed E-state index contributed by atoms with van der Waals surface area (Å²) in [6, 6.07) is 43.9. The summed E-state index contributed by atoms with van der Waals surface area (Å²) < 4.78 is 0. The highest BCUT2D eigenvalue weighted by molar-refractivity contribution is 6.01. The van der Waals surface area contributed by atoms with E-state index in [0.717, 1.165) is 0 Å². The van der Waals surface area contributed by atoms with Crippen molar-refractivity contribution < 1.29 is 0 Å². The van der Waals surface area contributed by atoms with E-state index in [0.29, 0.717) is 0 Å². The molecule has 1 heteroatoms. The highest BCUT2D eigenvalue weighted by atomic mass is 15.0. The number of hydrogen-bond acceptors (Lipinski definition) is 1. The lowest BCUT2D eigenvalue weighted by Gasteiger charge is -2.18. The van der Waals surface area contributed by atoms with Crippen molar-refractivity contribution in [3.05, 3.63) is 145 Å². The van der Waals surface area contributed by atoms with Crippen LogP contribution in [0.2, 0.25) is 0 Å². The monoisotopic (exact) mass is 489 g/mol. The first-order valence-electron chi connectivity index (χ1n) is 13.3. The van der Waals surface area contributed by atoms with Gasteiger partial charge in [0, 0.05) is 17.2 Å². The molecule has 1 atom stereocenters. The van der Waals surface area contributed by atoms with Crippen LogP contribution in [0.4, 0.5) is 5.69 Å². The van der Waals surface area contributed by atoms with Gasteiger partial charge in [0.2, 0.25) is 0 Å². The van der Waals surface area contributed by atoms with Crippen LogP contribution in [0, 0.1) is 0 Å². The minimum atomic E-state index is 0.225. The molecule has 38 heavy (non-hydrogen) atoms. The van der Waals surface area contributed by atoms with Gasteiger partial charge in [0.25, 0.3) is 0 Å². The Hall–Kier alpha value is -4.62. The van der Waals surface area contributed by atoms with E-state index in [9.17, 15) is 0 Å². The summed E-state index contributed by atoms with van der Waals surface area (Å²) in [7, 11) is 0.